The highest BCUT2D eigenvalue weighted by atomic mass is 32.1. The predicted octanol–water partition coefficient (Wildman–Crippen LogP) is 14.3. The molecule has 1 aliphatic rings. The summed E-state index contributed by atoms with van der Waals surface area (Å²) in [5.41, 5.74) is 15.1. The van der Waals surface area contributed by atoms with Gasteiger partial charge in [0.1, 0.15) is 11.2 Å². The van der Waals surface area contributed by atoms with E-state index in [1.807, 2.05) is 11.3 Å². The van der Waals surface area contributed by atoms with E-state index < -0.39 is 0 Å². The maximum absolute atomic E-state index is 6.47. The summed E-state index contributed by atoms with van der Waals surface area (Å²) in [6.45, 7) is 0. The number of nitrogens with zero attached hydrogens (tertiary/aromatic N) is 1. The highest BCUT2D eigenvalue weighted by Gasteiger charge is 2.22. The second-order valence-corrected chi connectivity index (χ2v) is 15.7. The number of rotatable bonds is 7. The van der Waals surface area contributed by atoms with E-state index in [2.05, 4.69) is 182 Å². The van der Waals surface area contributed by atoms with Crippen LogP contribution in [0.25, 0.3) is 64.4 Å². The van der Waals surface area contributed by atoms with Gasteiger partial charge in [-0.15, -0.1) is 11.3 Å². The van der Waals surface area contributed by atoms with E-state index in [0.29, 0.717) is 0 Å². The van der Waals surface area contributed by atoms with Crippen molar-refractivity contribution < 1.29 is 4.42 Å². The number of thiophene rings is 1. The Morgan fingerprint density at radius 2 is 1.15 bits per heavy atom. The molecule has 11 rings (SSSR count). The molecule has 0 radical (unpaired) electrons. The van der Waals surface area contributed by atoms with E-state index >= 15 is 0 Å². The van der Waals surface area contributed by atoms with Crippen LogP contribution in [0.3, 0.4) is 0 Å². The Labute approximate surface area is 323 Å². The van der Waals surface area contributed by atoms with E-state index in [4.69, 9.17) is 9.41 Å². The summed E-state index contributed by atoms with van der Waals surface area (Å²) in [5.74, 6) is 0.206. The first-order chi connectivity index (χ1) is 27.2. The molecule has 0 amide bonds. The molecule has 0 saturated heterocycles. The lowest BCUT2D eigenvalue weighted by molar-refractivity contribution is 0.669. The zero-order valence-corrected chi connectivity index (χ0v) is 30.9. The molecule has 55 heavy (non-hydrogen) atoms. The number of hydrogen-bond acceptors (Lipinski definition) is 3. The van der Waals surface area contributed by atoms with Gasteiger partial charge >= 0.3 is 0 Å². The van der Waals surface area contributed by atoms with Crippen LogP contribution in [0.1, 0.15) is 33.7 Å². The average molecular weight is 722 g/mol. The molecule has 1 aliphatic heterocycles. The van der Waals surface area contributed by atoms with Crippen LogP contribution < -0.4 is 0 Å². The van der Waals surface area contributed by atoms with Gasteiger partial charge in [0.05, 0.1) is 16.8 Å². The van der Waals surface area contributed by atoms with Gasteiger partial charge < -0.3 is 4.42 Å². The average Bonchev–Trinajstić information content (AvgIpc) is 3.97. The van der Waals surface area contributed by atoms with Crippen molar-refractivity contribution >= 4 is 64.8 Å². The Hall–Kier alpha value is -6.55. The van der Waals surface area contributed by atoms with Crippen LogP contribution in [0.15, 0.2) is 191 Å². The Balaban J connectivity index is 0.924. The van der Waals surface area contributed by atoms with Gasteiger partial charge in [-0.1, -0.05) is 146 Å². The lowest BCUT2D eigenvalue weighted by Crippen LogP contribution is -2.05. The fourth-order valence-corrected chi connectivity index (χ4v) is 9.58. The molecule has 2 aromatic heterocycles. The molecular formula is C52H35NOS. The zero-order valence-electron chi connectivity index (χ0n) is 30.1. The Morgan fingerprint density at radius 1 is 0.491 bits per heavy atom. The number of hydrogen-bond donors (Lipinski definition) is 0. The third-order valence-corrected chi connectivity index (χ3v) is 12.5. The van der Waals surface area contributed by atoms with Crippen molar-refractivity contribution in [3.63, 3.8) is 0 Å². The number of furan rings is 1. The van der Waals surface area contributed by atoms with Crippen molar-refractivity contribution in [2.24, 2.45) is 4.99 Å². The Bertz CT molecular complexity index is 3060. The van der Waals surface area contributed by atoms with Crippen molar-refractivity contribution in [3.05, 3.63) is 210 Å². The lowest BCUT2D eigenvalue weighted by Gasteiger charge is -2.20. The minimum absolute atomic E-state index is 0.206. The normalized spacial score (nSPS) is 13.1. The van der Waals surface area contributed by atoms with Crippen molar-refractivity contribution in [1.82, 2.24) is 0 Å². The summed E-state index contributed by atoms with van der Waals surface area (Å²) in [6, 6.07) is 66.2. The van der Waals surface area contributed by atoms with Crippen LogP contribution in [0.2, 0.25) is 0 Å². The standard InChI is InChI=1S/C52H35NOS/c1-3-9-34(10-4-1)35-19-21-37(22-20-35)44(40-25-28-50-45(30-40)42-13-7-8-14-49(42)55-50)29-33-15-17-36(18-16-33)39-23-26-43-48(32-39)54-47-27-24-41-31-46(53-52(41)51(43)47)38-11-5-2-6-12-38/h1-28,30,32,44H,29,31H2. The van der Waals surface area contributed by atoms with Crippen LogP contribution in [-0.4, -0.2) is 5.71 Å². The van der Waals surface area contributed by atoms with Crippen molar-refractivity contribution in [2.45, 2.75) is 18.8 Å². The van der Waals surface area contributed by atoms with Crippen molar-refractivity contribution in [2.75, 3.05) is 0 Å². The summed E-state index contributed by atoms with van der Waals surface area (Å²) in [6.07, 6.45) is 1.74. The maximum Gasteiger partial charge on any atom is 0.137 e. The summed E-state index contributed by atoms with van der Waals surface area (Å²) in [4.78, 5) is 5.13. The molecule has 0 N–H and O–H groups in total. The maximum atomic E-state index is 6.47. The molecule has 3 heterocycles. The Kier molecular flexibility index (Phi) is 7.60. The van der Waals surface area contributed by atoms with Gasteiger partial charge in [-0.05, 0) is 92.9 Å². The smallest absolute Gasteiger partial charge is 0.137 e. The largest absolute Gasteiger partial charge is 0.456 e. The topological polar surface area (TPSA) is 25.5 Å². The van der Waals surface area contributed by atoms with Gasteiger partial charge in [0.25, 0.3) is 0 Å². The monoisotopic (exact) mass is 721 g/mol. The van der Waals surface area contributed by atoms with Crippen LogP contribution in [0, 0.1) is 0 Å². The number of benzene rings is 8. The van der Waals surface area contributed by atoms with Crippen molar-refractivity contribution in [1.29, 1.82) is 0 Å². The van der Waals surface area contributed by atoms with E-state index in [0.717, 1.165) is 51.7 Å². The minimum atomic E-state index is 0.206. The fraction of sp³-hybridized carbons (Fsp3) is 0.0577. The van der Waals surface area contributed by atoms with Crippen LogP contribution in [0.4, 0.5) is 5.69 Å². The first kappa shape index (κ1) is 31.9. The second-order valence-electron chi connectivity index (χ2n) is 14.7. The molecule has 0 bridgehead atoms. The summed E-state index contributed by atoms with van der Waals surface area (Å²) in [5, 5.41) is 4.90. The third-order valence-electron chi connectivity index (χ3n) is 11.4. The Morgan fingerprint density at radius 3 is 1.96 bits per heavy atom. The van der Waals surface area contributed by atoms with E-state index in [1.165, 1.54) is 64.7 Å². The predicted molar refractivity (Wildman–Crippen MR) is 232 cm³/mol. The number of aliphatic imine (C=N–C) groups is 1. The third kappa shape index (κ3) is 5.67. The summed E-state index contributed by atoms with van der Waals surface area (Å²) < 4.78 is 9.15. The molecule has 10 aromatic rings. The summed E-state index contributed by atoms with van der Waals surface area (Å²) in [7, 11) is 0. The number of fused-ring (bicyclic) bond motifs is 8. The molecule has 1 unspecified atom stereocenters. The SMILES string of the molecule is c1ccc(C2=Nc3c(ccc4oc5cc(-c6ccc(CC(c7ccc(-c8ccccc8)cc7)c7ccc8sc9ccccc9c8c7)cc6)ccc5c34)C2)cc1. The highest BCUT2D eigenvalue weighted by Crippen LogP contribution is 2.43. The highest BCUT2D eigenvalue weighted by molar-refractivity contribution is 7.25. The molecule has 0 saturated carbocycles. The van der Waals surface area contributed by atoms with Crippen LogP contribution in [-0.2, 0) is 12.8 Å². The van der Waals surface area contributed by atoms with Gasteiger partial charge in [-0.2, -0.15) is 0 Å². The quantitative estimate of drug-likeness (QED) is 0.161. The molecule has 0 aliphatic carbocycles. The zero-order chi connectivity index (χ0) is 36.3. The van der Waals surface area contributed by atoms with Gasteiger partial charge in [-0.3, -0.25) is 4.99 Å². The lowest BCUT2D eigenvalue weighted by atomic mass is 9.84. The van der Waals surface area contributed by atoms with Crippen LogP contribution >= 0.6 is 11.3 Å². The molecule has 8 aromatic carbocycles. The minimum Gasteiger partial charge on any atom is -0.456 e. The van der Waals surface area contributed by atoms with Gasteiger partial charge in [0.2, 0.25) is 0 Å². The molecular weight excluding hydrogens is 687 g/mol. The van der Waals surface area contributed by atoms with E-state index in [1.54, 1.807) is 0 Å². The van der Waals surface area contributed by atoms with E-state index in [-0.39, 0.29) is 5.92 Å². The molecule has 1 atom stereocenters. The van der Waals surface area contributed by atoms with Gasteiger partial charge in [0.15, 0.2) is 0 Å². The van der Waals surface area contributed by atoms with Crippen molar-refractivity contribution in [3.8, 4) is 22.3 Å². The van der Waals surface area contributed by atoms with Crippen LogP contribution in [0.5, 0.6) is 0 Å². The van der Waals surface area contributed by atoms with E-state index in [9.17, 15) is 0 Å². The van der Waals surface area contributed by atoms with Gasteiger partial charge in [0, 0.05) is 37.9 Å². The second kappa shape index (κ2) is 13.1. The molecule has 3 heteroatoms. The molecule has 0 spiro atoms. The van der Waals surface area contributed by atoms with Gasteiger partial charge in [-0.25, -0.2) is 0 Å². The first-order valence-electron chi connectivity index (χ1n) is 19.0. The summed E-state index contributed by atoms with van der Waals surface area (Å²) >= 11 is 1.87. The molecule has 0 fully saturated rings. The molecule has 2 nitrogen and oxygen atoms in total. The fourth-order valence-electron chi connectivity index (χ4n) is 8.49. The first-order valence-corrected chi connectivity index (χ1v) is 19.8. The molecule has 260 valence electrons.